The van der Waals surface area contributed by atoms with E-state index < -0.39 is 36.1 Å². The summed E-state index contributed by atoms with van der Waals surface area (Å²) in [4.78, 5) is 2.69. The number of aliphatic hydroxyl groups excluding tert-OH is 1. The van der Waals surface area contributed by atoms with Crippen molar-refractivity contribution in [2.24, 2.45) is 0 Å². The van der Waals surface area contributed by atoms with E-state index in [-0.39, 0.29) is 0 Å². The highest BCUT2D eigenvalue weighted by Gasteiger charge is 2.18. The summed E-state index contributed by atoms with van der Waals surface area (Å²) in [7, 11) is 0. The molecule has 0 amide bonds. The van der Waals surface area contributed by atoms with Crippen LogP contribution in [0.3, 0.4) is 0 Å². The highest BCUT2D eigenvalue weighted by Crippen LogP contribution is 2.22. The highest BCUT2D eigenvalue weighted by atomic mass is 19.3. The number of rotatable bonds is 2. The predicted molar refractivity (Wildman–Crippen MR) is 35.0 cm³/mol. The maximum absolute atomic E-state index is 12.4. The van der Waals surface area contributed by atoms with Gasteiger partial charge < -0.3 is 5.11 Å². The molecule has 0 unspecified atom stereocenters. The van der Waals surface area contributed by atoms with Crippen LogP contribution in [0.25, 0.3) is 0 Å². The smallest absolute Gasteiger partial charge is 0.280 e. The van der Waals surface area contributed by atoms with E-state index in [1.54, 1.807) is 0 Å². The van der Waals surface area contributed by atoms with E-state index in [0.717, 1.165) is 0 Å². The molecule has 6 heteroatoms. The molecule has 72 valence electrons. The van der Waals surface area contributed by atoms with Crippen molar-refractivity contribution in [1.29, 1.82) is 0 Å². The minimum Gasteiger partial charge on any atom is -0.392 e. The van der Waals surface area contributed by atoms with Crippen LogP contribution < -0.4 is 0 Å². The third kappa shape index (κ3) is 1.95. The van der Waals surface area contributed by atoms with Gasteiger partial charge in [-0.1, -0.05) is 0 Å². The minimum absolute atomic E-state index is 0.408. The molecule has 0 aliphatic rings. The molecule has 13 heavy (non-hydrogen) atoms. The van der Waals surface area contributed by atoms with E-state index in [4.69, 9.17) is 5.11 Å². The van der Waals surface area contributed by atoms with E-state index in [1.807, 2.05) is 0 Å². The maximum Gasteiger partial charge on any atom is 0.280 e. The van der Waals surface area contributed by atoms with Gasteiger partial charge in [-0.15, -0.1) is 0 Å². The number of aliphatic hydroxyl groups is 1. The van der Waals surface area contributed by atoms with Gasteiger partial charge in [0.05, 0.1) is 6.61 Å². The summed E-state index contributed by atoms with van der Waals surface area (Å²) in [5.74, 6) is -2.94. The molecule has 0 aliphatic carbocycles. The third-order valence-corrected chi connectivity index (χ3v) is 1.42. The summed E-state index contributed by atoms with van der Waals surface area (Å²) in [6.45, 7) is -0.802. The van der Waals surface area contributed by atoms with Crippen molar-refractivity contribution < 1.29 is 22.7 Å². The second kappa shape index (κ2) is 3.69. The Morgan fingerprint density at radius 3 is 2.46 bits per heavy atom. The van der Waals surface area contributed by atoms with E-state index in [1.165, 1.54) is 0 Å². The molecule has 0 atom stereocenters. The van der Waals surface area contributed by atoms with Gasteiger partial charge >= 0.3 is 0 Å². The first-order valence-corrected chi connectivity index (χ1v) is 3.30. The Labute approximate surface area is 70.8 Å². The second-order valence-corrected chi connectivity index (χ2v) is 2.26. The van der Waals surface area contributed by atoms with Gasteiger partial charge in [-0.3, -0.25) is 0 Å². The summed E-state index contributed by atoms with van der Waals surface area (Å²) in [5.41, 5.74) is -1.34. The highest BCUT2D eigenvalue weighted by molar-refractivity contribution is 5.21. The van der Waals surface area contributed by atoms with Gasteiger partial charge in [0.25, 0.3) is 6.43 Å². The largest absolute Gasteiger partial charge is 0.392 e. The molecule has 1 N–H and O–H groups in total. The molecule has 1 aromatic rings. The quantitative estimate of drug-likeness (QED) is 0.576. The molecule has 0 aromatic carbocycles. The van der Waals surface area contributed by atoms with Crippen LogP contribution in [0.4, 0.5) is 17.6 Å². The van der Waals surface area contributed by atoms with Gasteiger partial charge in [0.15, 0.2) is 5.82 Å². The lowest BCUT2D eigenvalue weighted by molar-refractivity contribution is 0.139. The van der Waals surface area contributed by atoms with Crippen molar-refractivity contribution in [3.63, 3.8) is 0 Å². The first-order valence-electron chi connectivity index (χ1n) is 3.30. The van der Waals surface area contributed by atoms with E-state index in [2.05, 4.69) is 4.98 Å². The van der Waals surface area contributed by atoms with Gasteiger partial charge in [-0.05, 0) is 6.07 Å². The molecule has 1 rings (SSSR count). The average molecular weight is 195 g/mol. The van der Waals surface area contributed by atoms with Crippen molar-refractivity contribution in [2.45, 2.75) is 13.0 Å². The SMILES string of the molecule is OCc1cc(F)c(F)nc1C(F)F. The monoisotopic (exact) mass is 195 g/mol. The zero-order valence-electron chi connectivity index (χ0n) is 6.27. The Bertz CT molecular complexity index is 316. The lowest BCUT2D eigenvalue weighted by Crippen LogP contribution is -2.03. The lowest BCUT2D eigenvalue weighted by atomic mass is 10.2. The number of halogens is 4. The van der Waals surface area contributed by atoms with E-state index >= 15 is 0 Å². The Morgan fingerprint density at radius 2 is 2.00 bits per heavy atom. The Morgan fingerprint density at radius 1 is 1.38 bits per heavy atom. The molecular weight excluding hydrogens is 190 g/mol. The zero-order valence-corrected chi connectivity index (χ0v) is 6.27. The average Bonchev–Trinajstić information content (AvgIpc) is 2.08. The molecule has 0 aliphatic heterocycles. The molecule has 0 radical (unpaired) electrons. The van der Waals surface area contributed by atoms with Crippen LogP contribution >= 0.6 is 0 Å². The summed E-state index contributed by atoms with van der Waals surface area (Å²) in [6, 6.07) is 0.504. The number of alkyl halides is 2. The van der Waals surface area contributed by atoms with Gasteiger partial charge in [0, 0.05) is 5.56 Å². The fourth-order valence-corrected chi connectivity index (χ4v) is 0.833. The summed E-state index contributed by atoms with van der Waals surface area (Å²) in [6.07, 6.45) is -3.03. The van der Waals surface area contributed by atoms with Crippen molar-refractivity contribution in [2.75, 3.05) is 0 Å². The first-order chi connectivity index (χ1) is 6.06. The van der Waals surface area contributed by atoms with Crippen LogP contribution in [0.1, 0.15) is 17.7 Å². The minimum atomic E-state index is -3.03. The molecule has 0 fully saturated rings. The molecule has 1 aromatic heterocycles. The zero-order chi connectivity index (χ0) is 10.0. The lowest BCUT2D eigenvalue weighted by Gasteiger charge is -2.05. The summed E-state index contributed by atoms with van der Waals surface area (Å²) in [5, 5.41) is 8.52. The van der Waals surface area contributed by atoms with Crippen molar-refractivity contribution in [1.82, 2.24) is 4.98 Å². The van der Waals surface area contributed by atoms with Crippen molar-refractivity contribution >= 4 is 0 Å². The van der Waals surface area contributed by atoms with E-state index in [0.29, 0.717) is 6.07 Å². The molecule has 0 spiro atoms. The van der Waals surface area contributed by atoms with Gasteiger partial charge in [0.1, 0.15) is 5.69 Å². The van der Waals surface area contributed by atoms with Crippen LogP contribution in [0.2, 0.25) is 0 Å². The first kappa shape index (κ1) is 9.91. The molecule has 0 saturated heterocycles. The molecular formula is C7H5F4NO. The van der Waals surface area contributed by atoms with Crippen molar-refractivity contribution in [3.05, 3.63) is 29.1 Å². The molecule has 0 bridgehead atoms. The van der Waals surface area contributed by atoms with Gasteiger partial charge in [-0.2, -0.15) is 4.39 Å². The second-order valence-electron chi connectivity index (χ2n) is 2.26. The third-order valence-electron chi connectivity index (χ3n) is 1.42. The molecule has 2 nitrogen and oxygen atoms in total. The number of aromatic nitrogens is 1. The topological polar surface area (TPSA) is 33.1 Å². The Kier molecular flexibility index (Phi) is 2.82. The Hall–Kier alpha value is -1.17. The number of nitrogens with zero attached hydrogens (tertiary/aromatic N) is 1. The molecule has 0 saturated carbocycles. The predicted octanol–water partition coefficient (Wildman–Crippen LogP) is 1.79. The fourth-order valence-electron chi connectivity index (χ4n) is 0.833. The molecule has 1 heterocycles. The van der Waals surface area contributed by atoms with Crippen LogP contribution in [-0.4, -0.2) is 10.1 Å². The van der Waals surface area contributed by atoms with Crippen LogP contribution in [0.5, 0.6) is 0 Å². The van der Waals surface area contributed by atoms with Gasteiger partial charge in [-0.25, -0.2) is 18.2 Å². The van der Waals surface area contributed by atoms with Crippen LogP contribution in [0, 0.1) is 11.8 Å². The standard InChI is InChI=1S/C7H5F4NO/c8-4-1-3(2-13)5(6(9)10)12-7(4)11/h1,6,13H,2H2. The number of hydrogen-bond acceptors (Lipinski definition) is 2. The van der Waals surface area contributed by atoms with Crippen molar-refractivity contribution in [3.8, 4) is 0 Å². The maximum atomic E-state index is 12.4. The van der Waals surface area contributed by atoms with E-state index in [9.17, 15) is 17.6 Å². The summed E-state index contributed by atoms with van der Waals surface area (Å²) >= 11 is 0. The van der Waals surface area contributed by atoms with Crippen LogP contribution in [-0.2, 0) is 6.61 Å². The number of hydrogen-bond donors (Lipinski definition) is 1. The number of pyridine rings is 1. The normalized spacial score (nSPS) is 10.9. The Balaban J connectivity index is 3.25. The van der Waals surface area contributed by atoms with Crippen LogP contribution in [0.15, 0.2) is 6.07 Å². The van der Waals surface area contributed by atoms with Gasteiger partial charge in [0.2, 0.25) is 5.95 Å². The fraction of sp³-hybridized carbons (Fsp3) is 0.286. The summed E-state index contributed by atoms with van der Waals surface area (Å²) < 4.78 is 48.9.